The van der Waals surface area contributed by atoms with E-state index in [9.17, 15) is 5.11 Å². The van der Waals surface area contributed by atoms with E-state index in [2.05, 4.69) is 4.98 Å². The number of pyridine rings is 1. The predicted octanol–water partition coefficient (Wildman–Crippen LogP) is 3.54. The number of nitrogens with zero attached hydrogens (tertiary/aromatic N) is 1. The van der Waals surface area contributed by atoms with E-state index >= 15 is 0 Å². The van der Waals surface area contributed by atoms with E-state index in [1.807, 2.05) is 38.1 Å². The van der Waals surface area contributed by atoms with Gasteiger partial charge in [0.1, 0.15) is 5.75 Å². The first kappa shape index (κ1) is 12.6. The highest BCUT2D eigenvalue weighted by atomic mass is 16.5. The Morgan fingerprint density at radius 1 is 1.17 bits per heavy atom. The Morgan fingerprint density at radius 3 is 2.56 bits per heavy atom. The minimum Gasteiger partial charge on any atom is -0.439 e. The standard InChI is InChI=1S/C15H17NO2/c1-10-4-5-11(2)14(8-10)18-15-7-6-13(9-16-15)12(3)17/h4-9,12,17H,1-3H3/t12-/m1/s1. The minimum atomic E-state index is -0.507. The maximum Gasteiger partial charge on any atom is 0.219 e. The fourth-order valence-corrected chi connectivity index (χ4v) is 1.63. The highest BCUT2D eigenvalue weighted by Crippen LogP contribution is 2.25. The van der Waals surface area contributed by atoms with E-state index in [-0.39, 0.29) is 0 Å². The molecule has 1 atom stereocenters. The molecule has 1 N–H and O–H groups in total. The lowest BCUT2D eigenvalue weighted by molar-refractivity contribution is 0.198. The fraction of sp³-hybridized carbons (Fsp3) is 0.267. The van der Waals surface area contributed by atoms with E-state index < -0.39 is 6.10 Å². The van der Waals surface area contributed by atoms with Crippen molar-refractivity contribution in [3.05, 3.63) is 53.2 Å². The van der Waals surface area contributed by atoms with Crippen LogP contribution in [0.4, 0.5) is 0 Å². The first-order valence-electron chi connectivity index (χ1n) is 5.95. The van der Waals surface area contributed by atoms with Gasteiger partial charge in [0.2, 0.25) is 5.88 Å². The Hall–Kier alpha value is -1.87. The molecule has 1 heterocycles. The minimum absolute atomic E-state index is 0.507. The summed E-state index contributed by atoms with van der Waals surface area (Å²) < 4.78 is 5.73. The van der Waals surface area contributed by atoms with Crippen molar-refractivity contribution in [2.75, 3.05) is 0 Å². The molecule has 0 unspecified atom stereocenters. The molecule has 2 aromatic rings. The third-order valence-corrected chi connectivity index (χ3v) is 2.80. The fourth-order valence-electron chi connectivity index (χ4n) is 1.63. The number of ether oxygens (including phenoxy) is 1. The van der Waals surface area contributed by atoms with Gasteiger partial charge in [0.15, 0.2) is 0 Å². The molecule has 1 aromatic carbocycles. The number of benzene rings is 1. The lowest BCUT2D eigenvalue weighted by atomic mass is 10.1. The van der Waals surface area contributed by atoms with Gasteiger partial charge in [-0.05, 0) is 49.6 Å². The molecule has 0 amide bonds. The number of aliphatic hydroxyl groups excluding tert-OH is 1. The molecule has 94 valence electrons. The normalized spacial score (nSPS) is 12.2. The first-order chi connectivity index (χ1) is 8.56. The average Bonchev–Trinajstić information content (AvgIpc) is 2.34. The Kier molecular flexibility index (Phi) is 3.63. The molecule has 0 aliphatic rings. The van der Waals surface area contributed by atoms with Crippen molar-refractivity contribution >= 4 is 0 Å². The molecule has 0 bridgehead atoms. The average molecular weight is 243 g/mol. The van der Waals surface area contributed by atoms with Crippen molar-refractivity contribution in [3.8, 4) is 11.6 Å². The third-order valence-electron chi connectivity index (χ3n) is 2.80. The zero-order chi connectivity index (χ0) is 13.1. The molecule has 2 rings (SSSR count). The second-order valence-electron chi connectivity index (χ2n) is 4.48. The molecule has 0 saturated carbocycles. The van der Waals surface area contributed by atoms with Gasteiger partial charge in [0.05, 0.1) is 6.10 Å². The molecule has 0 fully saturated rings. The van der Waals surface area contributed by atoms with Crippen molar-refractivity contribution in [2.45, 2.75) is 26.9 Å². The Labute approximate surface area is 107 Å². The van der Waals surface area contributed by atoms with Gasteiger partial charge in [-0.2, -0.15) is 0 Å². The van der Waals surface area contributed by atoms with Gasteiger partial charge in [-0.15, -0.1) is 0 Å². The second-order valence-corrected chi connectivity index (χ2v) is 4.48. The summed E-state index contributed by atoms with van der Waals surface area (Å²) in [5.41, 5.74) is 3.00. The van der Waals surface area contributed by atoms with Crippen LogP contribution in [-0.2, 0) is 0 Å². The van der Waals surface area contributed by atoms with Gasteiger partial charge in [-0.25, -0.2) is 4.98 Å². The first-order valence-corrected chi connectivity index (χ1v) is 5.95. The van der Waals surface area contributed by atoms with Gasteiger partial charge < -0.3 is 9.84 Å². The summed E-state index contributed by atoms with van der Waals surface area (Å²) in [4.78, 5) is 4.18. The molecule has 18 heavy (non-hydrogen) atoms. The number of hydrogen-bond donors (Lipinski definition) is 1. The Bertz CT molecular complexity index is 533. The maximum atomic E-state index is 9.40. The summed E-state index contributed by atoms with van der Waals surface area (Å²) in [5.74, 6) is 1.35. The van der Waals surface area contributed by atoms with Gasteiger partial charge in [-0.1, -0.05) is 12.1 Å². The van der Waals surface area contributed by atoms with Crippen molar-refractivity contribution in [1.82, 2.24) is 4.98 Å². The van der Waals surface area contributed by atoms with Crippen molar-refractivity contribution < 1.29 is 9.84 Å². The smallest absolute Gasteiger partial charge is 0.219 e. The van der Waals surface area contributed by atoms with Gasteiger partial charge >= 0.3 is 0 Å². The summed E-state index contributed by atoms with van der Waals surface area (Å²) in [5, 5.41) is 9.40. The van der Waals surface area contributed by atoms with Crippen molar-refractivity contribution in [3.63, 3.8) is 0 Å². The largest absolute Gasteiger partial charge is 0.439 e. The molecule has 0 aliphatic carbocycles. The molecule has 0 saturated heterocycles. The van der Waals surface area contributed by atoms with E-state index in [1.165, 1.54) is 0 Å². The SMILES string of the molecule is Cc1ccc(C)c(Oc2ccc([C@@H](C)O)cn2)c1. The van der Waals surface area contributed by atoms with E-state index in [0.29, 0.717) is 5.88 Å². The maximum absolute atomic E-state index is 9.40. The molecule has 0 radical (unpaired) electrons. The third kappa shape index (κ3) is 2.87. The zero-order valence-electron chi connectivity index (χ0n) is 10.8. The molecule has 0 aliphatic heterocycles. The van der Waals surface area contributed by atoms with Crippen molar-refractivity contribution in [2.24, 2.45) is 0 Å². The van der Waals surface area contributed by atoms with Crippen LogP contribution in [0.25, 0.3) is 0 Å². The summed E-state index contributed by atoms with van der Waals surface area (Å²) in [6.45, 7) is 5.73. The number of hydrogen-bond acceptors (Lipinski definition) is 3. The molecule has 1 aromatic heterocycles. The highest BCUT2D eigenvalue weighted by molar-refractivity contribution is 5.38. The van der Waals surface area contributed by atoms with Crippen LogP contribution in [0.2, 0.25) is 0 Å². The lowest BCUT2D eigenvalue weighted by Crippen LogP contribution is -1.94. The summed E-state index contributed by atoms with van der Waals surface area (Å²) >= 11 is 0. The number of rotatable bonds is 3. The predicted molar refractivity (Wildman–Crippen MR) is 70.9 cm³/mol. The van der Waals surface area contributed by atoms with Crippen LogP contribution >= 0.6 is 0 Å². The molecular weight excluding hydrogens is 226 g/mol. The van der Waals surface area contributed by atoms with Crippen LogP contribution in [-0.4, -0.2) is 10.1 Å². The summed E-state index contributed by atoms with van der Waals surface area (Å²) in [7, 11) is 0. The van der Waals surface area contributed by atoms with Gasteiger partial charge in [-0.3, -0.25) is 0 Å². The number of aromatic nitrogens is 1. The number of aliphatic hydroxyl groups is 1. The summed E-state index contributed by atoms with van der Waals surface area (Å²) in [6, 6.07) is 9.64. The molecule has 3 nitrogen and oxygen atoms in total. The summed E-state index contributed by atoms with van der Waals surface area (Å²) in [6.07, 6.45) is 1.12. The Balaban J connectivity index is 2.21. The highest BCUT2D eigenvalue weighted by Gasteiger charge is 2.05. The van der Waals surface area contributed by atoms with Crippen LogP contribution in [0.3, 0.4) is 0 Å². The van der Waals surface area contributed by atoms with Crippen LogP contribution in [0.15, 0.2) is 36.5 Å². The van der Waals surface area contributed by atoms with Crippen molar-refractivity contribution in [1.29, 1.82) is 0 Å². The quantitative estimate of drug-likeness (QED) is 0.896. The molecule has 0 spiro atoms. The lowest BCUT2D eigenvalue weighted by Gasteiger charge is -2.09. The van der Waals surface area contributed by atoms with Crippen LogP contribution < -0.4 is 4.74 Å². The zero-order valence-corrected chi connectivity index (χ0v) is 10.8. The van der Waals surface area contributed by atoms with Crippen LogP contribution in [0.1, 0.15) is 29.7 Å². The monoisotopic (exact) mass is 243 g/mol. The van der Waals surface area contributed by atoms with Gasteiger partial charge in [0.25, 0.3) is 0 Å². The van der Waals surface area contributed by atoms with Crippen LogP contribution in [0, 0.1) is 13.8 Å². The topological polar surface area (TPSA) is 42.4 Å². The second kappa shape index (κ2) is 5.19. The van der Waals surface area contributed by atoms with E-state index in [4.69, 9.17) is 4.74 Å². The van der Waals surface area contributed by atoms with Gasteiger partial charge in [0, 0.05) is 12.3 Å². The van der Waals surface area contributed by atoms with E-state index in [1.54, 1.807) is 19.2 Å². The molecular formula is C15H17NO2. The van der Waals surface area contributed by atoms with Crippen LogP contribution in [0.5, 0.6) is 11.6 Å². The Morgan fingerprint density at radius 2 is 1.94 bits per heavy atom. The van der Waals surface area contributed by atoms with E-state index in [0.717, 1.165) is 22.4 Å². The number of aryl methyl sites for hydroxylation is 2. The molecule has 3 heteroatoms.